The molecule has 82 valence electrons. The lowest BCUT2D eigenvalue weighted by Gasteiger charge is -2.33. The molecule has 3 heteroatoms. The quantitative estimate of drug-likeness (QED) is 0.687. The number of anilines is 1. The molecule has 0 radical (unpaired) electrons. The van der Waals surface area contributed by atoms with Crippen molar-refractivity contribution >= 4 is 5.69 Å². The molecule has 1 aliphatic heterocycles. The molecular formula is C12H18N2O. The zero-order valence-corrected chi connectivity index (χ0v) is 9.55. The molecule has 0 bridgehead atoms. The van der Waals surface area contributed by atoms with E-state index >= 15 is 0 Å². The first-order valence-corrected chi connectivity index (χ1v) is 5.22. The molecule has 0 aromatic heterocycles. The molecule has 1 aromatic rings. The monoisotopic (exact) mass is 206 g/mol. The molecule has 0 saturated carbocycles. The fourth-order valence-electron chi connectivity index (χ4n) is 2.20. The van der Waals surface area contributed by atoms with Crippen LogP contribution in [-0.2, 0) is 12.0 Å². The number of ether oxygens (including phenoxy) is 1. The second kappa shape index (κ2) is 3.42. The molecular weight excluding hydrogens is 188 g/mol. The Balaban J connectivity index is 2.55. The highest BCUT2D eigenvalue weighted by molar-refractivity contribution is 5.59. The number of nitrogens with one attached hydrogen (secondary N) is 1. The van der Waals surface area contributed by atoms with E-state index in [1.807, 2.05) is 6.07 Å². The smallest absolute Gasteiger partial charge is 0.142 e. The lowest BCUT2D eigenvalue weighted by Crippen LogP contribution is -2.38. The number of nitrogens with two attached hydrogens (primary N) is 1. The molecule has 0 amide bonds. The highest BCUT2D eigenvalue weighted by Gasteiger charge is 2.28. The molecule has 0 saturated heterocycles. The fraction of sp³-hybridized carbons (Fsp3) is 0.500. The number of rotatable bonds is 1. The molecule has 0 spiro atoms. The number of fused-ring (bicyclic) bond motifs is 1. The van der Waals surface area contributed by atoms with Gasteiger partial charge in [0.2, 0.25) is 0 Å². The minimum atomic E-state index is 0.147. The fourth-order valence-corrected chi connectivity index (χ4v) is 2.20. The van der Waals surface area contributed by atoms with Crippen molar-refractivity contribution in [1.82, 2.24) is 5.32 Å². The zero-order chi connectivity index (χ0) is 11.1. The number of hydrogen-bond acceptors (Lipinski definition) is 3. The Hall–Kier alpha value is -1.22. The molecule has 1 heterocycles. The third kappa shape index (κ3) is 1.67. The molecule has 0 unspecified atom stereocenters. The summed E-state index contributed by atoms with van der Waals surface area (Å²) >= 11 is 0. The summed E-state index contributed by atoms with van der Waals surface area (Å²) in [7, 11) is 1.65. The summed E-state index contributed by atoms with van der Waals surface area (Å²) in [6.07, 6.45) is 0. The van der Waals surface area contributed by atoms with Gasteiger partial charge >= 0.3 is 0 Å². The maximum Gasteiger partial charge on any atom is 0.142 e. The number of methoxy groups -OCH3 is 1. The van der Waals surface area contributed by atoms with E-state index in [1.165, 1.54) is 11.1 Å². The SMILES string of the molecule is COc1cc2c(cc1N)C(C)(C)CNC2. The van der Waals surface area contributed by atoms with Gasteiger partial charge in [0.05, 0.1) is 12.8 Å². The van der Waals surface area contributed by atoms with Crippen LogP contribution < -0.4 is 15.8 Å². The third-order valence-electron chi connectivity index (χ3n) is 3.07. The summed E-state index contributed by atoms with van der Waals surface area (Å²) in [5, 5.41) is 3.41. The Morgan fingerprint density at radius 2 is 2.13 bits per heavy atom. The van der Waals surface area contributed by atoms with Crippen molar-refractivity contribution in [1.29, 1.82) is 0 Å². The first-order valence-electron chi connectivity index (χ1n) is 5.22. The van der Waals surface area contributed by atoms with Gasteiger partial charge in [-0.3, -0.25) is 0 Å². The van der Waals surface area contributed by atoms with Crippen LogP contribution in [0.4, 0.5) is 5.69 Å². The van der Waals surface area contributed by atoms with Gasteiger partial charge in [-0.25, -0.2) is 0 Å². The van der Waals surface area contributed by atoms with E-state index in [0.717, 1.165) is 24.5 Å². The van der Waals surface area contributed by atoms with E-state index in [4.69, 9.17) is 10.5 Å². The van der Waals surface area contributed by atoms with Crippen LogP contribution in [0.3, 0.4) is 0 Å². The second-order valence-electron chi connectivity index (χ2n) is 4.74. The number of nitrogen functional groups attached to an aromatic ring is 1. The summed E-state index contributed by atoms with van der Waals surface area (Å²) < 4.78 is 5.23. The standard InChI is InChI=1S/C12H18N2O/c1-12(2)7-14-6-8-4-11(15-3)10(13)5-9(8)12/h4-5,14H,6-7,13H2,1-3H3. The average molecular weight is 206 g/mol. The predicted molar refractivity (Wildman–Crippen MR) is 62.1 cm³/mol. The van der Waals surface area contributed by atoms with Gasteiger partial charge in [-0.15, -0.1) is 0 Å². The van der Waals surface area contributed by atoms with Gasteiger partial charge in [0.1, 0.15) is 5.75 Å². The zero-order valence-electron chi connectivity index (χ0n) is 9.55. The lowest BCUT2D eigenvalue weighted by molar-refractivity contribution is 0.408. The highest BCUT2D eigenvalue weighted by Crippen LogP contribution is 2.35. The van der Waals surface area contributed by atoms with Crippen LogP contribution in [-0.4, -0.2) is 13.7 Å². The summed E-state index contributed by atoms with van der Waals surface area (Å²) in [6, 6.07) is 4.09. The Morgan fingerprint density at radius 3 is 2.80 bits per heavy atom. The van der Waals surface area contributed by atoms with E-state index in [1.54, 1.807) is 7.11 Å². The van der Waals surface area contributed by atoms with E-state index in [9.17, 15) is 0 Å². The van der Waals surface area contributed by atoms with Crippen LogP contribution in [0.1, 0.15) is 25.0 Å². The van der Waals surface area contributed by atoms with E-state index in [0.29, 0.717) is 0 Å². The topological polar surface area (TPSA) is 47.3 Å². The van der Waals surface area contributed by atoms with Gasteiger partial charge in [-0.1, -0.05) is 13.8 Å². The minimum Gasteiger partial charge on any atom is -0.495 e. The van der Waals surface area contributed by atoms with E-state index in [2.05, 4.69) is 25.2 Å². The maximum atomic E-state index is 5.93. The summed E-state index contributed by atoms with van der Waals surface area (Å²) in [4.78, 5) is 0. The first kappa shape index (κ1) is 10.3. The molecule has 0 atom stereocenters. The summed E-state index contributed by atoms with van der Waals surface area (Å²) in [5.74, 6) is 0.772. The molecule has 3 nitrogen and oxygen atoms in total. The van der Waals surface area contributed by atoms with E-state index in [-0.39, 0.29) is 5.41 Å². The maximum absolute atomic E-state index is 5.93. The molecule has 2 rings (SSSR count). The third-order valence-corrected chi connectivity index (χ3v) is 3.07. The second-order valence-corrected chi connectivity index (χ2v) is 4.74. The summed E-state index contributed by atoms with van der Waals surface area (Å²) in [6.45, 7) is 6.34. The van der Waals surface area contributed by atoms with Crippen LogP contribution in [0.2, 0.25) is 0 Å². The van der Waals surface area contributed by atoms with Crippen molar-refractivity contribution in [3.05, 3.63) is 23.3 Å². The molecule has 0 fully saturated rings. The van der Waals surface area contributed by atoms with Crippen molar-refractivity contribution in [3.8, 4) is 5.75 Å². The van der Waals surface area contributed by atoms with Crippen LogP contribution in [0, 0.1) is 0 Å². The van der Waals surface area contributed by atoms with Crippen molar-refractivity contribution in [3.63, 3.8) is 0 Å². The minimum absolute atomic E-state index is 0.147. The summed E-state index contributed by atoms with van der Waals surface area (Å²) in [5.41, 5.74) is 9.43. The van der Waals surface area contributed by atoms with Crippen molar-refractivity contribution in [2.24, 2.45) is 0 Å². The Kier molecular flexibility index (Phi) is 2.35. The molecule has 15 heavy (non-hydrogen) atoms. The van der Waals surface area contributed by atoms with Crippen LogP contribution in [0.25, 0.3) is 0 Å². The Morgan fingerprint density at radius 1 is 1.40 bits per heavy atom. The largest absolute Gasteiger partial charge is 0.495 e. The lowest BCUT2D eigenvalue weighted by atomic mass is 9.79. The van der Waals surface area contributed by atoms with Crippen LogP contribution >= 0.6 is 0 Å². The van der Waals surface area contributed by atoms with E-state index < -0.39 is 0 Å². The van der Waals surface area contributed by atoms with Crippen LogP contribution in [0.15, 0.2) is 12.1 Å². The Labute approximate surface area is 90.6 Å². The van der Waals surface area contributed by atoms with Gasteiger partial charge in [-0.2, -0.15) is 0 Å². The van der Waals surface area contributed by atoms with Crippen LogP contribution in [0.5, 0.6) is 5.75 Å². The molecule has 1 aromatic carbocycles. The number of hydrogen-bond donors (Lipinski definition) is 2. The predicted octanol–water partition coefficient (Wildman–Crippen LogP) is 1.66. The van der Waals surface area contributed by atoms with Crippen molar-refractivity contribution < 1.29 is 4.74 Å². The molecule has 1 aliphatic rings. The van der Waals surface area contributed by atoms with Crippen molar-refractivity contribution in [2.45, 2.75) is 25.8 Å². The Bertz CT molecular complexity index is 385. The average Bonchev–Trinajstić information content (AvgIpc) is 2.18. The molecule has 3 N–H and O–H groups in total. The van der Waals surface area contributed by atoms with Gasteiger partial charge in [0, 0.05) is 18.5 Å². The van der Waals surface area contributed by atoms with Gasteiger partial charge in [0.15, 0.2) is 0 Å². The normalized spacial score (nSPS) is 18.3. The highest BCUT2D eigenvalue weighted by atomic mass is 16.5. The van der Waals surface area contributed by atoms with Gasteiger partial charge < -0.3 is 15.8 Å². The van der Waals surface area contributed by atoms with Crippen molar-refractivity contribution in [2.75, 3.05) is 19.4 Å². The molecule has 0 aliphatic carbocycles. The van der Waals surface area contributed by atoms with Gasteiger partial charge in [-0.05, 0) is 23.3 Å². The number of benzene rings is 1. The van der Waals surface area contributed by atoms with Gasteiger partial charge in [0.25, 0.3) is 0 Å². The first-order chi connectivity index (χ1) is 7.04.